The normalized spacial score (nSPS) is 20.6. The maximum Gasteiger partial charge on any atom is 0.328 e. The highest BCUT2D eigenvalue weighted by Crippen LogP contribution is 2.20. The second-order valence-electron chi connectivity index (χ2n) is 5.22. The molecule has 1 atom stereocenters. The van der Waals surface area contributed by atoms with Crippen LogP contribution < -0.4 is 5.32 Å². The molecule has 0 aliphatic carbocycles. The topological polar surface area (TPSA) is 89.9 Å². The zero-order valence-electron chi connectivity index (χ0n) is 11.0. The molecule has 0 saturated carbocycles. The number of likely N-dealkylation sites (tertiary alicyclic amines) is 1. The van der Waals surface area contributed by atoms with E-state index in [0.717, 1.165) is 19.3 Å². The number of piperidine rings is 1. The molecule has 0 aromatic rings. The summed E-state index contributed by atoms with van der Waals surface area (Å²) in [7, 11) is 0. The molecule has 0 aromatic carbocycles. The highest BCUT2D eigenvalue weighted by Gasteiger charge is 2.33. The first-order valence-electron chi connectivity index (χ1n) is 6.31. The van der Waals surface area contributed by atoms with Crippen molar-refractivity contribution in [3.63, 3.8) is 0 Å². The molecular weight excluding hydrogens is 236 g/mol. The quantitative estimate of drug-likeness (QED) is 0.695. The molecule has 1 aliphatic heterocycles. The third-order valence-corrected chi connectivity index (χ3v) is 3.30. The summed E-state index contributed by atoms with van der Waals surface area (Å²) in [6.07, 6.45) is 3.36. The minimum absolute atomic E-state index is 0.00773. The number of amides is 2. The molecule has 1 unspecified atom stereocenters. The average molecular weight is 258 g/mol. The van der Waals surface area contributed by atoms with Crippen LogP contribution in [0.15, 0.2) is 0 Å². The maximum atomic E-state index is 12.1. The number of nitrogens with one attached hydrogen (secondary N) is 1. The number of aliphatic hydroxyl groups excluding tert-OH is 1. The van der Waals surface area contributed by atoms with Crippen LogP contribution in [0.2, 0.25) is 0 Å². The van der Waals surface area contributed by atoms with Crippen LogP contribution in [0.4, 0.5) is 4.79 Å². The molecule has 1 fully saturated rings. The second kappa shape index (κ2) is 6.04. The van der Waals surface area contributed by atoms with E-state index in [1.165, 1.54) is 13.8 Å². The van der Waals surface area contributed by atoms with Crippen molar-refractivity contribution in [3.8, 4) is 0 Å². The smallest absolute Gasteiger partial charge is 0.328 e. The molecule has 1 aliphatic rings. The predicted octanol–water partition coefficient (Wildman–Crippen LogP) is 0.796. The number of carboxylic acid groups (broad SMARTS) is 1. The summed E-state index contributed by atoms with van der Waals surface area (Å²) in [5, 5.41) is 20.5. The van der Waals surface area contributed by atoms with E-state index in [2.05, 4.69) is 5.32 Å². The Morgan fingerprint density at radius 3 is 2.61 bits per heavy atom. The number of nitrogens with zero attached hydrogens (tertiary/aromatic N) is 1. The van der Waals surface area contributed by atoms with E-state index in [0.29, 0.717) is 13.0 Å². The lowest BCUT2D eigenvalue weighted by molar-refractivity contribution is -0.143. The van der Waals surface area contributed by atoms with Gasteiger partial charge >= 0.3 is 12.0 Å². The molecule has 0 aromatic heterocycles. The Bertz CT molecular complexity index is 315. The van der Waals surface area contributed by atoms with Crippen LogP contribution in [-0.4, -0.2) is 51.8 Å². The first kappa shape index (κ1) is 14.8. The molecule has 1 saturated heterocycles. The molecule has 1 heterocycles. The van der Waals surface area contributed by atoms with Crippen LogP contribution in [-0.2, 0) is 4.79 Å². The Kier molecular flexibility index (Phi) is 4.95. The average Bonchev–Trinajstić information content (AvgIpc) is 2.29. The summed E-state index contributed by atoms with van der Waals surface area (Å²) in [6.45, 7) is 3.57. The minimum Gasteiger partial charge on any atom is -0.480 e. The Labute approximate surface area is 107 Å². The largest absolute Gasteiger partial charge is 0.480 e. The second-order valence-corrected chi connectivity index (χ2v) is 5.22. The lowest BCUT2D eigenvalue weighted by Gasteiger charge is -2.37. The highest BCUT2D eigenvalue weighted by molar-refractivity contribution is 5.85. The van der Waals surface area contributed by atoms with Crippen molar-refractivity contribution < 1.29 is 19.8 Å². The van der Waals surface area contributed by atoms with Crippen molar-refractivity contribution in [2.45, 2.75) is 51.1 Å². The molecule has 1 rings (SSSR count). The predicted molar refractivity (Wildman–Crippen MR) is 66.3 cm³/mol. The van der Waals surface area contributed by atoms with Crippen molar-refractivity contribution in [1.29, 1.82) is 0 Å². The summed E-state index contributed by atoms with van der Waals surface area (Å²) >= 11 is 0. The third-order valence-electron chi connectivity index (χ3n) is 3.30. The van der Waals surface area contributed by atoms with Crippen molar-refractivity contribution in [1.82, 2.24) is 10.2 Å². The number of carboxylic acids is 1. The molecule has 0 radical (unpaired) electrons. The molecule has 2 amide bonds. The monoisotopic (exact) mass is 258 g/mol. The molecule has 0 bridgehead atoms. The summed E-state index contributed by atoms with van der Waals surface area (Å²) in [4.78, 5) is 24.7. The number of carbonyl (C=O) groups excluding carboxylic acids is 1. The van der Waals surface area contributed by atoms with E-state index in [1.807, 2.05) is 0 Å². The van der Waals surface area contributed by atoms with E-state index in [4.69, 9.17) is 10.2 Å². The molecular formula is C12H22N2O4. The molecule has 104 valence electrons. The zero-order chi connectivity index (χ0) is 13.8. The molecule has 6 heteroatoms. The lowest BCUT2D eigenvalue weighted by atomic mass is 9.99. The van der Waals surface area contributed by atoms with Crippen molar-refractivity contribution in [2.75, 3.05) is 13.2 Å². The van der Waals surface area contributed by atoms with Crippen LogP contribution in [0.5, 0.6) is 0 Å². The third kappa shape index (κ3) is 3.60. The maximum absolute atomic E-state index is 12.1. The van der Waals surface area contributed by atoms with Gasteiger partial charge in [0.2, 0.25) is 0 Å². The fourth-order valence-electron chi connectivity index (χ4n) is 2.11. The van der Waals surface area contributed by atoms with E-state index in [9.17, 15) is 9.59 Å². The summed E-state index contributed by atoms with van der Waals surface area (Å²) in [6, 6.07) is -0.353. The van der Waals surface area contributed by atoms with Crippen LogP contribution in [0, 0.1) is 0 Å². The number of hydrogen-bond acceptors (Lipinski definition) is 3. The van der Waals surface area contributed by atoms with E-state index in [-0.39, 0.29) is 18.7 Å². The number of urea groups is 1. The van der Waals surface area contributed by atoms with Gasteiger partial charge in [0.15, 0.2) is 0 Å². The van der Waals surface area contributed by atoms with Crippen molar-refractivity contribution in [2.24, 2.45) is 0 Å². The Hall–Kier alpha value is -1.30. The van der Waals surface area contributed by atoms with Crippen LogP contribution >= 0.6 is 0 Å². The van der Waals surface area contributed by atoms with Gasteiger partial charge in [0.05, 0.1) is 0 Å². The summed E-state index contributed by atoms with van der Waals surface area (Å²) in [5.74, 6) is -1.06. The van der Waals surface area contributed by atoms with Crippen molar-refractivity contribution in [3.05, 3.63) is 0 Å². The Morgan fingerprint density at radius 2 is 2.06 bits per heavy atom. The van der Waals surface area contributed by atoms with Crippen LogP contribution in [0.1, 0.15) is 39.5 Å². The van der Waals surface area contributed by atoms with Gasteiger partial charge in [0, 0.05) is 19.2 Å². The first-order valence-corrected chi connectivity index (χ1v) is 6.31. The molecule has 3 N–H and O–H groups in total. The van der Waals surface area contributed by atoms with Crippen LogP contribution in [0.25, 0.3) is 0 Å². The van der Waals surface area contributed by atoms with Crippen molar-refractivity contribution >= 4 is 12.0 Å². The first-order chi connectivity index (χ1) is 8.38. The number of rotatable bonds is 4. The molecule has 18 heavy (non-hydrogen) atoms. The number of aliphatic hydroxyl groups is 1. The summed E-state index contributed by atoms with van der Waals surface area (Å²) < 4.78 is 0. The number of hydrogen-bond donors (Lipinski definition) is 3. The van der Waals surface area contributed by atoms with Gasteiger partial charge in [-0.2, -0.15) is 0 Å². The molecule has 0 spiro atoms. The lowest BCUT2D eigenvalue weighted by Crippen LogP contribution is -2.57. The number of carbonyl (C=O) groups is 2. The van der Waals surface area contributed by atoms with Gasteiger partial charge in [0.1, 0.15) is 5.54 Å². The number of aliphatic carboxylic acids is 1. The van der Waals surface area contributed by atoms with E-state index < -0.39 is 11.5 Å². The van der Waals surface area contributed by atoms with Gasteiger partial charge in [-0.25, -0.2) is 9.59 Å². The zero-order valence-corrected chi connectivity index (χ0v) is 11.0. The minimum atomic E-state index is -1.28. The van der Waals surface area contributed by atoms with Crippen LogP contribution in [0.3, 0.4) is 0 Å². The van der Waals surface area contributed by atoms with Gasteiger partial charge < -0.3 is 20.4 Å². The Balaban J connectivity index is 2.66. The van der Waals surface area contributed by atoms with Gasteiger partial charge in [-0.05, 0) is 39.5 Å². The van der Waals surface area contributed by atoms with Gasteiger partial charge in [-0.15, -0.1) is 0 Å². The molecule has 6 nitrogen and oxygen atoms in total. The summed E-state index contributed by atoms with van der Waals surface area (Å²) in [5.41, 5.74) is -1.28. The van der Waals surface area contributed by atoms with Gasteiger partial charge in [0.25, 0.3) is 0 Å². The van der Waals surface area contributed by atoms with Gasteiger partial charge in [-0.1, -0.05) is 0 Å². The fraction of sp³-hybridized carbons (Fsp3) is 0.833. The van der Waals surface area contributed by atoms with E-state index >= 15 is 0 Å². The standard InChI is InChI=1S/C12H22N2O4/c1-12(2,10(16)17)13-11(18)14-7-4-3-5-9(14)6-8-15/h9,15H,3-8H2,1-2H3,(H,13,18)(H,16,17). The highest BCUT2D eigenvalue weighted by atomic mass is 16.4. The Morgan fingerprint density at radius 1 is 1.39 bits per heavy atom. The fourth-order valence-corrected chi connectivity index (χ4v) is 2.11. The van der Waals surface area contributed by atoms with Gasteiger partial charge in [-0.3, -0.25) is 0 Å². The van der Waals surface area contributed by atoms with E-state index in [1.54, 1.807) is 4.90 Å². The SMILES string of the molecule is CC(C)(NC(=O)N1CCCCC1CCO)C(=O)O.